The molecule has 1 saturated heterocycles. The lowest BCUT2D eigenvalue weighted by Gasteiger charge is -2.25. The molecule has 0 N–H and O–H groups in total. The SMILES string of the molecule is CCOC(=O)CC#Cc1csc(N2CCOCC2)n1. The van der Waals surface area contributed by atoms with E-state index >= 15 is 0 Å². The molecule has 0 atom stereocenters. The number of ether oxygens (including phenoxy) is 2. The van der Waals surface area contributed by atoms with E-state index in [9.17, 15) is 4.79 Å². The Kier molecular flexibility index (Phi) is 5.19. The number of hydrogen-bond donors (Lipinski definition) is 0. The summed E-state index contributed by atoms with van der Waals surface area (Å²) < 4.78 is 10.1. The normalized spacial score (nSPS) is 14.7. The lowest BCUT2D eigenvalue weighted by molar-refractivity contribution is -0.141. The van der Waals surface area contributed by atoms with Crippen molar-refractivity contribution >= 4 is 22.4 Å². The van der Waals surface area contributed by atoms with Gasteiger partial charge >= 0.3 is 5.97 Å². The maximum absolute atomic E-state index is 11.1. The van der Waals surface area contributed by atoms with Crippen LogP contribution in [0.5, 0.6) is 0 Å². The first-order valence-corrected chi connectivity index (χ1v) is 7.10. The van der Waals surface area contributed by atoms with Gasteiger partial charge in [0, 0.05) is 18.5 Å². The number of carbonyl (C=O) groups excluding carboxylic acids is 1. The molecular formula is C13H16N2O3S. The third-order valence-corrected chi connectivity index (χ3v) is 3.43. The van der Waals surface area contributed by atoms with Crippen molar-refractivity contribution in [2.45, 2.75) is 13.3 Å². The van der Waals surface area contributed by atoms with Gasteiger partial charge in [-0.25, -0.2) is 4.98 Å². The molecule has 0 amide bonds. The van der Waals surface area contributed by atoms with Crippen molar-refractivity contribution in [3.05, 3.63) is 11.1 Å². The van der Waals surface area contributed by atoms with Gasteiger partial charge in [-0.15, -0.1) is 11.3 Å². The predicted molar refractivity (Wildman–Crippen MR) is 73.3 cm³/mol. The van der Waals surface area contributed by atoms with Crippen molar-refractivity contribution in [1.29, 1.82) is 0 Å². The standard InChI is InChI=1S/C13H16N2O3S/c1-2-18-12(16)5-3-4-11-10-19-13(14-11)15-6-8-17-9-7-15/h10H,2,5-9H2,1H3. The van der Waals surface area contributed by atoms with Crippen molar-refractivity contribution in [3.8, 4) is 11.8 Å². The number of hydrogen-bond acceptors (Lipinski definition) is 6. The Labute approximate surface area is 116 Å². The number of aromatic nitrogens is 1. The monoisotopic (exact) mass is 280 g/mol. The van der Waals surface area contributed by atoms with E-state index in [2.05, 4.69) is 21.7 Å². The molecule has 6 heteroatoms. The summed E-state index contributed by atoms with van der Waals surface area (Å²) in [5.41, 5.74) is 0.704. The van der Waals surface area contributed by atoms with Crippen LogP contribution in [0.3, 0.4) is 0 Å². The van der Waals surface area contributed by atoms with E-state index in [-0.39, 0.29) is 12.4 Å². The van der Waals surface area contributed by atoms with E-state index in [0.29, 0.717) is 12.3 Å². The van der Waals surface area contributed by atoms with Crippen LogP contribution < -0.4 is 4.90 Å². The van der Waals surface area contributed by atoms with Gasteiger partial charge in [0.2, 0.25) is 0 Å². The van der Waals surface area contributed by atoms with Gasteiger partial charge in [0.1, 0.15) is 12.1 Å². The van der Waals surface area contributed by atoms with Crippen LogP contribution >= 0.6 is 11.3 Å². The molecule has 1 aliphatic rings. The van der Waals surface area contributed by atoms with Crippen molar-refractivity contribution in [3.63, 3.8) is 0 Å². The van der Waals surface area contributed by atoms with Gasteiger partial charge in [-0.1, -0.05) is 5.92 Å². The Bertz CT molecular complexity index is 484. The fourth-order valence-electron chi connectivity index (χ4n) is 1.64. The van der Waals surface area contributed by atoms with Gasteiger partial charge in [-0.2, -0.15) is 0 Å². The van der Waals surface area contributed by atoms with Crippen molar-refractivity contribution < 1.29 is 14.3 Å². The van der Waals surface area contributed by atoms with Gasteiger partial charge in [0.25, 0.3) is 0 Å². The summed E-state index contributed by atoms with van der Waals surface area (Å²) >= 11 is 1.57. The highest BCUT2D eigenvalue weighted by Gasteiger charge is 2.13. The topological polar surface area (TPSA) is 51.7 Å². The number of nitrogens with zero attached hydrogens (tertiary/aromatic N) is 2. The maximum atomic E-state index is 11.1. The first-order chi connectivity index (χ1) is 9.29. The summed E-state index contributed by atoms with van der Waals surface area (Å²) in [6.45, 7) is 5.37. The summed E-state index contributed by atoms with van der Waals surface area (Å²) in [6, 6.07) is 0. The van der Waals surface area contributed by atoms with Crippen molar-refractivity contribution in [1.82, 2.24) is 4.98 Å². The fourth-order valence-corrected chi connectivity index (χ4v) is 2.45. The van der Waals surface area contributed by atoms with Crippen LogP contribution in [0, 0.1) is 11.8 Å². The van der Waals surface area contributed by atoms with Crippen molar-refractivity contribution in [2.24, 2.45) is 0 Å². The van der Waals surface area contributed by atoms with Crippen LogP contribution in [0.25, 0.3) is 0 Å². The Morgan fingerprint density at radius 1 is 1.58 bits per heavy atom. The van der Waals surface area contributed by atoms with E-state index in [1.165, 1.54) is 0 Å². The largest absolute Gasteiger partial charge is 0.465 e. The maximum Gasteiger partial charge on any atom is 0.317 e. The molecule has 1 aliphatic heterocycles. The first kappa shape index (κ1) is 13.8. The van der Waals surface area contributed by atoms with Crippen LogP contribution in [0.2, 0.25) is 0 Å². The zero-order valence-corrected chi connectivity index (χ0v) is 11.7. The van der Waals surface area contributed by atoms with Gasteiger partial charge in [-0.05, 0) is 12.8 Å². The quantitative estimate of drug-likeness (QED) is 0.617. The zero-order chi connectivity index (χ0) is 13.5. The van der Waals surface area contributed by atoms with Crippen molar-refractivity contribution in [2.75, 3.05) is 37.8 Å². The Balaban J connectivity index is 1.90. The minimum Gasteiger partial charge on any atom is -0.465 e. The van der Waals surface area contributed by atoms with E-state index in [1.54, 1.807) is 18.3 Å². The number of carbonyl (C=O) groups is 1. The molecule has 0 spiro atoms. The molecule has 1 aromatic rings. The number of anilines is 1. The van der Waals surface area contributed by atoms with E-state index in [1.807, 2.05) is 5.38 Å². The van der Waals surface area contributed by atoms with Gasteiger partial charge in [0.05, 0.1) is 19.8 Å². The summed E-state index contributed by atoms with van der Waals surface area (Å²) in [7, 11) is 0. The van der Waals surface area contributed by atoms with E-state index < -0.39 is 0 Å². The number of esters is 1. The molecule has 19 heavy (non-hydrogen) atoms. The average Bonchev–Trinajstić information content (AvgIpc) is 2.89. The average molecular weight is 280 g/mol. The molecule has 0 saturated carbocycles. The van der Waals surface area contributed by atoms with Gasteiger partial charge < -0.3 is 14.4 Å². The minimum atomic E-state index is -0.293. The highest BCUT2D eigenvalue weighted by molar-refractivity contribution is 7.13. The molecule has 1 fully saturated rings. The molecule has 102 valence electrons. The highest BCUT2D eigenvalue weighted by atomic mass is 32.1. The number of thiazole rings is 1. The summed E-state index contributed by atoms with van der Waals surface area (Å²) in [4.78, 5) is 17.7. The Morgan fingerprint density at radius 2 is 2.37 bits per heavy atom. The predicted octanol–water partition coefficient (Wildman–Crippen LogP) is 1.28. The van der Waals surface area contributed by atoms with Crippen LogP contribution in [-0.2, 0) is 14.3 Å². The second-order valence-electron chi connectivity index (χ2n) is 3.90. The molecule has 5 nitrogen and oxygen atoms in total. The molecular weight excluding hydrogens is 264 g/mol. The van der Waals surface area contributed by atoms with Gasteiger partial charge in [-0.3, -0.25) is 4.79 Å². The van der Waals surface area contributed by atoms with E-state index in [0.717, 1.165) is 31.4 Å². The zero-order valence-electron chi connectivity index (χ0n) is 10.8. The molecule has 0 unspecified atom stereocenters. The van der Waals surface area contributed by atoms with Crippen LogP contribution in [0.15, 0.2) is 5.38 Å². The molecule has 2 heterocycles. The second kappa shape index (κ2) is 7.12. The van der Waals surface area contributed by atoms with Crippen LogP contribution in [0.4, 0.5) is 5.13 Å². The summed E-state index contributed by atoms with van der Waals surface area (Å²) in [6.07, 6.45) is 0.109. The lowest BCUT2D eigenvalue weighted by Crippen LogP contribution is -2.36. The molecule has 0 aromatic carbocycles. The summed E-state index contributed by atoms with van der Waals surface area (Å²) in [5, 5.41) is 2.87. The molecule has 0 radical (unpaired) electrons. The first-order valence-electron chi connectivity index (χ1n) is 6.22. The Morgan fingerprint density at radius 3 is 3.11 bits per heavy atom. The second-order valence-corrected chi connectivity index (χ2v) is 4.73. The molecule has 2 rings (SSSR count). The Hall–Kier alpha value is -1.58. The smallest absolute Gasteiger partial charge is 0.317 e. The molecule has 1 aromatic heterocycles. The van der Waals surface area contributed by atoms with Gasteiger partial charge in [0.15, 0.2) is 5.13 Å². The number of rotatable bonds is 3. The highest BCUT2D eigenvalue weighted by Crippen LogP contribution is 2.20. The number of morpholine rings is 1. The fraction of sp³-hybridized carbons (Fsp3) is 0.538. The molecule has 0 aliphatic carbocycles. The third kappa shape index (κ3) is 4.23. The summed E-state index contributed by atoms with van der Waals surface area (Å²) in [5.74, 6) is 5.37. The van der Waals surface area contributed by atoms with Crippen LogP contribution in [-0.4, -0.2) is 43.9 Å². The molecule has 0 bridgehead atoms. The van der Waals surface area contributed by atoms with Crippen LogP contribution in [0.1, 0.15) is 19.0 Å². The third-order valence-electron chi connectivity index (χ3n) is 2.53. The minimum absolute atomic E-state index is 0.109. The van der Waals surface area contributed by atoms with E-state index in [4.69, 9.17) is 9.47 Å². The lowest BCUT2D eigenvalue weighted by atomic mass is 10.4.